The lowest BCUT2D eigenvalue weighted by atomic mass is 9.91. The fourth-order valence-electron chi connectivity index (χ4n) is 3.48. The minimum absolute atomic E-state index is 0.509. The number of pyridine rings is 1. The standard InChI is InChI=1S/C19H23N7/c1-25-10-8-23-19(25)14-26-9-2-3-16(13-26)15-4-5-21-17(11-15)24-18-12-20-6-7-22-18/h4-8,10-12,16H,2-3,9,13-14H2,1H3,(H,21,22,24). The first-order chi connectivity index (χ1) is 12.8. The molecule has 1 N–H and O–H groups in total. The van der Waals surface area contributed by atoms with Crippen molar-refractivity contribution in [1.82, 2.24) is 29.4 Å². The van der Waals surface area contributed by atoms with Gasteiger partial charge in [-0.05, 0) is 43.0 Å². The third-order valence-corrected chi connectivity index (χ3v) is 4.87. The van der Waals surface area contributed by atoms with Crippen molar-refractivity contribution in [1.29, 1.82) is 0 Å². The van der Waals surface area contributed by atoms with Crippen LogP contribution < -0.4 is 5.32 Å². The lowest BCUT2D eigenvalue weighted by molar-refractivity contribution is 0.194. The highest BCUT2D eigenvalue weighted by atomic mass is 15.2. The molecule has 0 saturated carbocycles. The SMILES string of the molecule is Cn1ccnc1CN1CCCC(c2ccnc(Nc3cnccn3)c2)C1. The summed E-state index contributed by atoms with van der Waals surface area (Å²) in [4.78, 5) is 19.7. The molecule has 7 nitrogen and oxygen atoms in total. The van der Waals surface area contributed by atoms with Gasteiger partial charge in [0, 0.05) is 44.6 Å². The summed E-state index contributed by atoms with van der Waals surface area (Å²) in [5.74, 6) is 3.14. The van der Waals surface area contributed by atoms with E-state index in [0.29, 0.717) is 11.7 Å². The van der Waals surface area contributed by atoms with Crippen molar-refractivity contribution in [3.8, 4) is 0 Å². The fourth-order valence-corrected chi connectivity index (χ4v) is 3.48. The molecule has 0 aromatic carbocycles. The molecule has 4 heterocycles. The molecule has 3 aromatic heterocycles. The summed E-state index contributed by atoms with van der Waals surface area (Å²) in [6.45, 7) is 3.07. The molecule has 0 spiro atoms. The van der Waals surface area contributed by atoms with Gasteiger partial charge < -0.3 is 9.88 Å². The second-order valence-corrected chi connectivity index (χ2v) is 6.72. The van der Waals surface area contributed by atoms with Crippen molar-refractivity contribution < 1.29 is 0 Å². The van der Waals surface area contributed by atoms with Gasteiger partial charge in [-0.1, -0.05) is 0 Å². The molecule has 1 saturated heterocycles. The molecule has 4 rings (SSSR count). The van der Waals surface area contributed by atoms with Crippen LogP contribution in [-0.4, -0.2) is 42.5 Å². The second kappa shape index (κ2) is 7.61. The Morgan fingerprint density at radius 3 is 2.85 bits per heavy atom. The number of aryl methyl sites for hydroxylation is 1. The quantitative estimate of drug-likeness (QED) is 0.764. The number of nitrogens with zero attached hydrogens (tertiary/aromatic N) is 6. The van der Waals surface area contributed by atoms with Crippen LogP contribution in [0.4, 0.5) is 11.6 Å². The van der Waals surface area contributed by atoms with E-state index in [1.807, 2.05) is 18.6 Å². The maximum Gasteiger partial charge on any atom is 0.150 e. The predicted octanol–water partition coefficient (Wildman–Crippen LogP) is 2.73. The highest BCUT2D eigenvalue weighted by Gasteiger charge is 2.22. The first kappa shape index (κ1) is 16.7. The van der Waals surface area contributed by atoms with Crippen molar-refractivity contribution in [2.45, 2.75) is 25.3 Å². The van der Waals surface area contributed by atoms with E-state index in [1.165, 1.54) is 18.4 Å². The minimum Gasteiger partial charge on any atom is -0.337 e. The number of rotatable bonds is 5. The molecule has 1 unspecified atom stereocenters. The van der Waals surface area contributed by atoms with Crippen LogP contribution in [0.2, 0.25) is 0 Å². The highest BCUT2D eigenvalue weighted by molar-refractivity contribution is 5.51. The first-order valence-electron chi connectivity index (χ1n) is 8.95. The van der Waals surface area contributed by atoms with Crippen LogP contribution in [0.3, 0.4) is 0 Å². The van der Waals surface area contributed by atoms with Crippen molar-refractivity contribution in [3.63, 3.8) is 0 Å². The Balaban J connectivity index is 1.45. The van der Waals surface area contributed by atoms with Crippen LogP contribution in [0.1, 0.15) is 30.1 Å². The number of piperidine rings is 1. The van der Waals surface area contributed by atoms with E-state index in [1.54, 1.807) is 18.6 Å². The van der Waals surface area contributed by atoms with E-state index >= 15 is 0 Å². The Hall–Kier alpha value is -2.80. The topological polar surface area (TPSA) is 71.8 Å². The Bertz CT molecular complexity index is 846. The largest absolute Gasteiger partial charge is 0.337 e. The van der Waals surface area contributed by atoms with Gasteiger partial charge in [-0.25, -0.2) is 15.0 Å². The molecule has 0 bridgehead atoms. The van der Waals surface area contributed by atoms with Gasteiger partial charge in [0.25, 0.3) is 0 Å². The number of aromatic nitrogens is 5. The van der Waals surface area contributed by atoms with Gasteiger partial charge in [0.05, 0.1) is 12.7 Å². The number of imidazole rings is 1. The van der Waals surface area contributed by atoms with Gasteiger partial charge >= 0.3 is 0 Å². The molecule has 1 atom stereocenters. The predicted molar refractivity (Wildman–Crippen MR) is 100 cm³/mol. The zero-order valence-corrected chi connectivity index (χ0v) is 14.9. The maximum atomic E-state index is 4.46. The fraction of sp³-hybridized carbons (Fsp3) is 0.368. The van der Waals surface area contributed by atoms with Gasteiger partial charge in [-0.3, -0.25) is 9.88 Å². The van der Waals surface area contributed by atoms with Gasteiger partial charge in [0.15, 0.2) is 0 Å². The molecule has 0 amide bonds. The number of nitrogens with one attached hydrogen (secondary N) is 1. The van der Waals surface area contributed by atoms with Crippen LogP contribution in [0, 0.1) is 0 Å². The maximum absolute atomic E-state index is 4.46. The second-order valence-electron chi connectivity index (χ2n) is 6.72. The summed E-state index contributed by atoms with van der Waals surface area (Å²) in [5, 5.41) is 3.23. The van der Waals surface area contributed by atoms with E-state index in [4.69, 9.17) is 0 Å². The molecule has 7 heteroatoms. The number of likely N-dealkylation sites (tertiary alicyclic amines) is 1. The first-order valence-corrected chi connectivity index (χ1v) is 8.95. The number of anilines is 2. The molecule has 3 aromatic rings. The Kier molecular flexibility index (Phi) is 4.88. The van der Waals surface area contributed by atoms with Gasteiger partial charge in [-0.15, -0.1) is 0 Å². The minimum atomic E-state index is 0.509. The highest BCUT2D eigenvalue weighted by Crippen LogP contribution is 2.28. The van der Waals surface area contributed by atoms with Crippen LogP contribution in [0.25, 0.3) is 0 Å². The number of hydrogen-bond acceptors (Lipinski definition) is 6. The zero-order valence-electron chi connectivity index (χ0n) is 14.9. The normalized spacial score (nSPS) is 18.0. The average Bonchev–Trinajstić information content (AvgIpc) is 3.08. The van der Waals surface area contributed by atoms with Crippen LogP contribution >= 0.6 is 0 Å². The van der Waals surface area contributed by atoms with Crippen molar-refractivity contribution in [2.24, 2.45) is 7.05 Å². The Morgan fingerprint density at radius 2 is 2.04 bits per heavy atom. The van der Waals surface area contributed by atoms with Crippen LogP contribution in [0.15, 0.2) is 49.3 Å². The molecule has 134 valence electrons. The van der Waals surface area contributed by atoms with E-state index in [2.05, 4.69) is 53.9 Å². The zero-order chi connectivity index (χ0) is 17.8. The molecular formula is C19H23N7. The summed E-state index contributed by atoms with van der Waals surface area (Å²) in [5.41, 5.74) is 1.32. The monoisotopic (exact) mass is 349 g/mol. The third-order valence-electron chi connectivity index (χ3n) is 4.87. The summed E-state index contributed by atoms with van der Waals surface area (Å²) in [7, 11) is 2.05. The Morgan fingerprint density at radius 1 is 1.12 bits per heavy atom. The Labute approximate surface area is 153 Å². The summed E-state index contributed by atoms with van der Waals surface area (Å²) in [6, 6.07) is 4.25. The average molecular weight is 349 g/mol. The third kappa shape index (κ3) is 3.88. The molecule has 0 radical (unpaired) electrons. The van der Waals surface area contributed by atoms with E-state index in [9.17, 15) is 0 Å². The molecular weight excluding hydrogens is 326 g/mol. The number of hydrogen-bond donors (Lipinski definition) is 1. The van der Waals surface area contributed by atoms with Gasteiger partial charge in [0.1, 0.15) is 17.5 Å². The smallest absolute Gasteiger partial charge is 0.150 e. The molecule has 1 aliphatic rings. The molecule has 1 aliphatic heterocycles. The lowest BCUT2D eigenvalue weighted by Crippen LogP contribution is -2.34. The van der Waals surface area contributed by atoms with Gasteiger partial charge in [-0.2, -0.15) is 0 Å². The van der Waals surface area contributed by atoms with Crippen LogP contribution in [-0.2, 0) is 13.6 Å². The van der Waals surface area contributed by atoms with E-state index < -0.39 is 0 Å². The summed E-state index contributed by atoms with van der Waals surface area (Å²) < 4.78 is 2.10. The molecule has 1 fully saturated rings. The molecule has 26 heavy (non-hydrogen) atoms. The lowest BCUT2D eigenvalue weighted by Gasteiger charge is -2.32. The van der Waals surface area contributed by atoms with Crippen LogP contribution in [0.5, 0.6) is 0 Å². The van der Waals surface area contributed by atoms with Crippen molar-refractivity contribution >= 4 is 11.6 Å². The van der Waals surface area contributed by atoms with Gasteiger partial charge in [0.2, 0.25) is 0 Å². The van der Waals surface area contributed by atoms with Crippen molar-refractivity contribution in [2.75, 3.05) is 18.4 Å². The van der Waals surface area contributed by atoms with E-state index in [0.717, 1.165) is 31.3 Å². The summed E-state index contributed by atoms with van der Waals surface area (Å²) >= 11 is 0. The van der Waals surface area contributed by atoms with Crippen molar-refractivity contribution in [3.05, 3.63) is 60.7 Å². The summed E-state index contributed by atoms with van der Waals surface area (Å²) in [6.07, 6.45) is 13.2. The van der Waals surface area contributed by atoms with E-state index in [-0.39, 0.29) is 0 Å². The molecule has 0 aliphatic carbocycles.